The maximum absolute atomic E-state index is 11.0. The van der Waals surface area contributed by atoms with E-state index in [0.29, 0.717) is 18.1 Å². The minimum Gasteiger partial charge on any atom is -0.306 e. The van der Waals surface area contributed by atoms with E-state index >= 15 is 0 Å². The number of nitrogens with two attached hydrogens (primary N) is 1. The molecule has 68 valence electrons. The molecule has 1 aliphatic heterocycles. The van der Waals surface area contributed by atoms with Crippen LogP contribution < -0.4 is 16.7 Å². The molecule has 12 heavy (non-hydrogen) atoms. The smallest absolute Gasteiger partial charge is 0.281 e. The number of carbonyl (C=O) groups excluding carboxylic acids is 1. The molecule has 0 aromatic heterocycles. The summed E-state index contributed by atoms with van der Waals surface area (Å²) in [7, 11) is 0. The molecule has 1 atom stereocenters. The number of rotatable bonds is 2. The Balaban J connectivity index is 2.48. The fraction of sp³-hybridized carbons (Fsp3) is 0.714. The van der Waals surface area contributed by atoms with E-state index in [1.165, 1.54) is 0 Å². The van der Waals surface area contributed by atoms with E-state index in [0.717, 1.165) is 0 Å². The van der Waals surface area contributed by atoms with E-state index in [1.54, 1.807) is 0 Å². The first-order valence-electron chi connectivity index (χ1n) is 3.98. The molecule has 0 aromatic carbocycles. The maximum atomic E-state index is 11.0. The van der Waals surface area contributed by atoms with Crippen molar-refractivity contribution in [1.82, 2.24) is 10.9 Å². The summed E-state index contributed by atoms with van der Waals surface area (Å²) < 4.78 is 0. The number of hydrazine groups is 1. The molecule has 0 aromatic rings. The van der Waals surface area contributed by atoms with Crippen LogP contribution >= 0.6 is 0 Å². The van der Waals surface area contributed by atoms with Gasteiger partial charge in [0.1, 0.15) is 5.71 Å². The third-order valence-electron chi connectivity index (χ3n) is 1.98. The molecule has 0 saturated heterocycles. The number of hydrogen-bond acceptors (Lipinski definition) is 4. The van der Waals surface area contributed by atoms with E-state index in [2.05, 4.69) is 29.8 Å². The molecule has 0 spiro atoms. The summed E-state index contributed by atoms with van der Waals surface area (Å²) in [5.74, 6) is 5.13. The van der Waals surface area contributed by atoms with E-state index in [1.807, 2.05) is 0 Å². The number of hydrogen-bond donors (Lipinski definition) is 3. The van der Waals surface area contributed by atoms with Gasteiger partial charge in [0.2, 0.25) is 0 Å². The first-order chi connectivity index (χ1) is 5.65. The predicted octanol–water partition coefficient (Wildman–Crippen LogP) is -0.650. The fourth-order valence-corrected chi connectivity index (χ4v) is 1.07. The molecule has 0 fully saturated rings. The van der Waals surface area contributed by atoms with Gasteiger partial charge in [0.05, 0.1) is 6.04 Å². The summed E-state index contributed by atoms with van der Waals surface area (Å²) in [6.45, 7) is 4.16. The topological polar surface area (TPSA) is 79.5 Å². The molecule has 5 heteroatoms. The van der Waals surface area contributed by atoms with Crippen LogP contribution in [0, 0.1) is 5.92 Å². The Hall–Kier alpha value is -1.10. The molecule has 0 bridgehead atoms. The molecule has 5 nitrogen and oxygen atoms in total. The summed E-state index contributed by atoms with van der Waals surface area (Å²) in [4.78, 5) is 11.0. The zero-order chi connectivity index (χ0) is 9.14. The SMILES string of the molecule is CC(C)C1CC(C(=O)NN)=NN1. The van der Waals surface area contributed by atoms with Gasteiger partial charge in [-0.25, -0.2) is 5.84 Å². The Morgan fingerprint density at radius 1 is 1.83 bits per heavy atom. The van der Waals surface area contributed by atoms with E-state index < -0.39 is 0 Å². The summed E-state index contributed by atoms with van der Waals surface area (Å²) in [5.41, 5.74) is 5.43. The molecule has 1 amide bonds. The highest BCUT2D eigenvalue weighted by Gasteiger charge is 2.24. The van der Waals surface area contributed by atoms with Gasteiger partial charge in [-0.1, -0.05) is 13.8 Å². The van der Waals surface area contributed by atoms with Gasteiger partial charge in [-0.05, 0) is 5.92 Å². The van der Waals surface area contributed by atoms with Crippen LogP contribution in [0.15, 0.2) is 5.10 Å². The van der Waals surface area contributed by atoms with E-state index in [9.17, 15) is 4.79 Å². The van der Waals surface area contributed by atoms with Crippen molar-refractivity contribution >= 4 is 11.6 Å². The molecule has 0 radical (unpaired) electrons. The number of nitrogens with zero attached hydrogens (tertiary/aromatic N) is 1. The molecule has 0 saturated carbocycles. The minimum atomic E-state index is -0.300. The third-order valence-corrected chi connectivity index (χ3v) is 1.98. The lowest BCUT2D eigenvalue weighted by Crippen LogP contribution is -2.36. The van der Waals surface area contributed by atoms with Crippen molar-refractivity contribution in [2.75, 3.05) is 0 Å². The standard InChI is InChI=1S/C7H14N4O/c1-4(2)5-3-6(11-10-5)7(12)9-8/h4-5,10H,3,8H2,1-2H3,(H,9,12). The largest absolute Gasteiger partial charge is 0.306 e. The Morgan fingerprint density at radius 2 is 2.50 bits per heavy atom. The van der Waals surface area contributed by atoms with Crippen LogP contribution in [0.25, 0.3) is 0 Å². The van der Waals surface area contributed by atoms with Crippen LogP contribution in [0.2, 0.25) is 0 Å². The first-order valence-corrected chi connectivity index (χ1v) is 3.98. The van der Waals surface area contributed by atoms with Crippen molar-refractivity contribution in [2.45, 2.75) is 26.3 Å². The lowest BCUT2D eigenvalue weighted by Gasteiger charge is -2.12. The van der Waals surface area contributed by atoms with Gasteiger partial charge >= 0.3 is 0 Å². The lowest BCUT2D eigenvalue weighted by molar-refractivity contribution is -0.114. The molecular weight excluding hydrogens is 156 g/mol. The number of amides is 1. The van der Waals surface area contributed by atoms with Crippen LogP contribution in [0.3, 0.4) is 0 Å². The average molecular weight is 170 g/mol. The number of carbonyl (C=O) groups is 1. The van der Waals surface area contributed by atoms with Crippen LogP contribution in [-0.2, 0) is 4.79 Å². The van der Waals surface area contributed by atoms with Crippen molar-refractivity contribution in [2.24, 2.45) is 16.9 Å². The molecule has 1 heterocycles. The molecule has 0 aliphatic carbocycles. The Kier molecular flexibility index (Phi) is 2.65. The summed E-state index contributed by atoms with van der Waals surface area (Å²) in [5, 5.41) is 3.88. The van der Waals surface area contributed by atoms with E-state index in [4.69, 9.17) is 5.84 Å². The second-order valence-electron chi connectivity index (χ2n) is 3.22. The second kappa shape index (κ2) is 3.53. The van der Waals surface area contributed by atoms with Crippen LogP contribution in [0.5, 0.6) is 0 Å². The van der Waals surface area contributed by atoms with Crippen LogP contribution in [0.1, 0.15) is 20.3 Å². The zero-order valence-electron chi connectivity index (χ0n) is 7.29. The lowest BCUT2D eigenvalue weighted by atomic mass is 10.0. The van der Waals surface area contributed by atoms with Crippen molar-refractivity contribution < 1.29 is 4.79 Å². The van der Waals surface area contributed by atoms with Crippen molar-refractivity contribution in [3.8, 4) is 0 Å². The number of nitrogens with one attached hydrogen (secondary N) is 2. The average Bonchev–Trinajstić information content (AvgIpc) is 2.51. The Morgan fingerprint density at radius 3 is 2.92 bits per heavy atom. The zero-order valence-corrected chi connectivity index (χ0v) is 7.29. The molecule has 1 unspecified atom stereocenters. The fourth-order valence-electron chi connectivity index (χ4n) is 1.07. The maximum Gasteiger partial charge on any atom is 0.281 e. The highest BCUT2D eigenvalue weighted by atomic mass is 16.2. The summed E-state index contributed by atoms with van der Waals surface area (Å²) >= 11 is 0. The van der Waals surface area contributed by atoms with Crippen LogP contribution in [-0.4, -0.2) is 17.7 Å². The second-order valence-corrected chi connectivity index (χ2v) is 3.22. The quantitative estimate of drug-likeness (QED) is 0.293. The van der Waals surface area contributed by atoms with Gasteiger partial charge in [0, 0.05) is 6.42 Å². The van der Waals surface area contributed by atoms with Gasteiger partial charge in [-0.2, -0.15) is 5.10 Å². The van der Waals surface area contributed by atoms with Gasteiger partial charge in [0.25, 0.3) is 5.91 Å². The van der Waals surface area contributed by atoms with Gasteiger partial charge < -0.3 is 5.43 Å². The summed E-state index contributed by atoms with van der Waals surface area (Å²) in [6.07, 6.45) is 0.653. The third kappa shape index (κ3) is 1.73. The Bertz CT molecular complexity index is 211. The Labute approximate surface area is 71.4 Å². The van der Waals surface area contributed by atoms with Gasteiger partial charge in [-0.15, -0.1) is 0 Å². The highest BCUT2D eigenvalue weighted by molar-refractivity contribution is 6.39. The minimum absolute atomic E-state index is 0.261. The normalized spacial score (nSPS) is 22.0. The van der Waals surface area contributed by atoms with Crippen LogP contribution in [0.4, 0.5) is 0 Å². The van der Waals surface area contributed by atoms with E-state index in [-0.39, 0.29) is 11.9 Å². The van der Waals surface area contributed by atoms with Crippen molar-refractivity contribution in [3.05, 3.63) is 0 Å². The molecular formula is C7H14N4O. The van der Waals surface area contributed by atoms with Crippen molar-refractivity contribution in [1.29, 1.82) is 0 Å². The summed E-state index contributed by atoms with van der Waals surface area (Å²) in [6, 6.07) is 0.261. The monoisotopic (exact) mass is 170 g/mol. The molecule has 1 aliphatic rings. The van der Waals surface area contributed by atoms with Gasteiger partial charge in [-0.3, -0.25) is 10.2 Å². The molecule has 1 rings (SSSR count). The van der Waals surface area contributed by atoms with Crippen molar-refractivity contribution in [3.63, 3.8) is 0 Å². The molecule has 4 N–H and O–H groups in total. The first kappa shape index (κ1) is 8.99. The predicted molar refractivity (Wildman–Crippen MR) is 46.1 cm³/mol. The number of hydrazone groups is 1. The highest BCUT2D eigenvalue weighted by Crippen LogP contribution is 2.11. The van der Waals surface area contributed by atoms with Gasteiger partial charge in [0.15, 0.2) is 0 Å².